The monoisotopic (exact) mass is 649 g/mol. The lowest BCUT2D eigenvalue weighted by molar-refractivity contribution is -0.143. The van der Waals surface area contributed by atoms with Crippen LogP contribution in [-0.4, -0.2) is 50.2 Å². The molecule has 2 aromatic rings. The summed E-state index contributed by atoms with van der Waals surface area (Å²) in [5, 5.41) is 2.88. The van der Waals surface area contributed by atoms with Crippen LogP contribution in [0.5, 0.6) is 5.75 Å². The van der Waals surface area contributed by atoms with E-state index in [0.717, 1.165) is 24.0 Å². The summed E-state index contributed by atoms with van der Waals surface area (Å²) < 4.78 is 15.8. The number of ether oxygens (including phenoxy) is 3. The van der Waals surface area contributed by atoms with Gasteiger partial charge in [-0.15, -0.1) is 0 Å². The minimum absolute atomic E-state index is 0.0769. The van der Waals surface area contributed by atoms with E-state index in [1.807, 2.05) is 48.5 Å². The Hall–Kier alpha value is -3.88. The summed E-state index contributed by atoms with van der Waals surface area (Å²) in [6.45, 7) is 2.94. The van der Waals surface area contributed by atoms with Gasteiger partial charge in [0.1, 0.15) is 18.2 Å². The summed E-state index contributed by atoms with van der Waals surface area (Å²) in [5.41, 5.74) is 8.68. The van der Waals surface area contributed by atoms with Gasteiger partial charge < -0.3 is 25.3 Å². The Morgan fingerprint density at radius 2 is 1.34 bits per heavy atom. The van der Waals surface area contributed by atoms with Gasteiger partial charge in [0.15, 0.2) is 0 Å². The quantitative estimate of drug-likeness (QED) is 0.0570. The second-order valence-corrected chi connectivity index (χ2v) is 12.5. The Labute approximate surface area is 281 Å². The molecule has 1 aliphatic rings. The van der Waals surface area contributed by atoms with Gasteiger partial charge in [-0.1, -0.05) is 127 Å². The number of unbranched alkanes of at least 4 members (excludes halogenated alkanes) is 13. The molecule has 47 heavy (non-hydrogen) atoms. The van der Waals surface area contributed by atoms with Crippen LogP contribution in [-0.2, 0) is 19.1 Å². The maximum atomic E-state index is 12.2. The fourth-order valence-corrected chi connectivity index (χ4v) is 5.82. The van der Waals surface area contributed by atoms with E-state index in [4.69, 9.17) is 15.2 Å². The van der Waals surface area contributed by atoms with Crippen molar-refractivity contribution < 1.29 is 28.6 Å². The van der Waals surface area contributed by atoms with Crippen molar-refractivity contribution in [1.29, 1.82) is 0 Å². The molecule has 0 aromatic heterocycles. The van der Waals surface area contributed by atoms with Crippen LogP contribution in [0.25, 0.3) is 11.1 Å². The maximum absolute atomic E-state index is 12.2. The van der Waals surface area contributed by atoms with Crippen LogP contribution in [0.1, 0.15) is 115 Å². The van der Waals surface area contributed by atoms with Crippen LogP contribution in [0.3, 0.4) is 0 Å². The first-order valence-electron chi connectivity index (χ1n) is 17.6. The molecule has 0 unspecified atom stereocenters. The molecule has 258 valence electrons. The molecule has 3 rings (SSSR count). The summed E-state index contributed by atoms with van der Waals surface area (Å²) in [5.74, 6) is -0.118. The van der Waals surface area contributed by atoms with Crippen LogP contribution in [0.4, 0.5) is 4.79 Å². The van der Waals surface area contributed by atoms with Gasteiger partial charge in [0.2, 0.25) is 5.91 Å². The van der Waals surface area contributed by atoms with Crippen molar-refractivity contribution in [1.82, 2.24) is 5.32 Å². The molecule has 1 fully saturated rings. The molecule has 0 spiro atoms. The van der Waals surface area contributed by atoms with E-state index in [0.29, 0.717) is 30.9 Å². The van der Waals surface area contributed by atoms with E-state index in [9.17, 15) is 14.4 Å². The Kier molecular flexibility index (Phi) is 17.5. The van der Waals surface area contributed by atoms with Crippen molar-refractivity contribution in [3.63, 3.8) is 0 Å². The topological polar surface area (TPSA) is 129 Å². The van der Waals surface area contributed by atoms with Crippen LogP contribution < -0.4 is 15.8 Å². The van der Waals surface area contributed by atoms with Crippen molar-refractivity contribution in [3.8, 4) is 16.9 Å². The molecule has 2 atom stereocenters. The number of nitrogens with two attached hydrogens (primary N) is 1. The summed E-state index contributed by atoms with van der Waals surface area (Å²) in [6, 6.07) is 15.0. The smallest absolute Gasteiger partial charge is 0.435 e. The van der Waals surface area contributed by atoms with Gasteiger partial charge in [-0.05, 0) is 36.1 Å². The largest absolute Gasteiger partial charge is 0.491 e. The number of methoxy groups -OCH3 is 1. The lowest BCUT2D eigenvalue weighted by Gasteiger charge is -2.12. The lowest BCUT2D eigenvalue weighted by atomic mass is 10.0. The van der Waals surface area contributed by atoms with E-state index in [-0.39, 0.29) is 30.1 Å². The molecular formula is C38H55N3O6. The van der Waals surface area contributed by atoms with Crippen molar-refractivity contribution in [2.45, 2.75) is 116 Å². The van der Waals surface area contributed by atoms with E-state index in [1.54, 1.807) is 0 Å². The minimum Gasteiger partial charge on any atom is -0.491 e. The predicted molar refractivity (Wildman–Crippen MR) is 186 cm³/mol. The highest BCUT2D eigenvalue weighted by atomic mass is 16.5. The molecule has 0 bridgehead atoms. The third-order valence-corrected chi connectivity index (χ3v) is 8.68. The number of esters is 1. The first-order valence-corrected chi connectivity index (χ1v) is 17.6. The SMILES string of the molecule is CCCCCCCCCCCCCCCCOC(=O)/N=C(\N)c1ccc(-c2ccc(OC[C@@H]3C[C@@H](CC(=O)OC)C(=O)N3)cc2)cc1. The molecule has 0 radical (unpaired) electrons. The average Bonchev–Trinajstić information content (AvgIpc) is 3.43. The number of hydrogen-bond donors (Lipinski definition) is 2. The Balaban J connectivity index is 1.28. The molecule has 9 nitrogen and oxygen atoms in total. The normalized spacial score (nSPS) is 16.1. The highest BCUT2D eigenvalue weighted by molar-refractivity contribution is 6.03. The van der Waals surface area contributed by atoms with Gasteiger partial charge in [-0.25, -0.2) is 4.79 Å². The van der Waals surface area contributed by atoms with Crippen LogP contribution >= 0.6 is 0 Å². The maximum Gasteiger partial charge on any atom is 0.435 e. The zero-order valence-electron chi connectivity index (χ0n) is 28.5. The number of nitrogens with zero attached hydrogens (tertiary/aromatic N) is 1. The molecule has 1 aliphatic heterocycles. The number of amidine groups is 1. The number of amides is 2. The predicted octanol–water partition coefficient (Wildman–Crippen LogP) is 8.12. The summed E-state index contributed by atoms with van der Waals surface area (Å²) in [4.78, 5) is 39.7. The first kappa shape index (κ1) is 37.6. The van der Waals surface area contributed by atoms with Crippen molar-refractivity contribution >= 4 is 23.8 Å². The lowest BCUT2D eigenvalue weighted by Crippen LogP contribution is -2.31. The molecular weight excluding hydrogens is 594 g/mol. The van der Waals surface area contributed by atoms with E-state index in [2.05, 4.69) is 22.0 Å². The Bertz CT molecular complexity index is 1250. The van der Waals surface area contributed by atoms with Crippen LogP contribution in [0.2, 0.25) is 0 Å². The summed E-state index contributed by atoms with van der Waals surface area (Å²) >= 11 is 0. The number of carbonyl (C=O) groups is 3. The molecule has 2 aromatic carbocycles. The number of nitrogens with one attached hydrogen (secondary N) is 1. The van der Waals surface area contributed by atoms with Gasteiger partial charge in [0.25, 0.3) is 0 Å². The highest BCUT2D eigenvalue weighted by Gasteiger charge is 2.34. The molecule has 0 saturated carbocycles. The first-order chi connectivity index (χ1) is 22.9. The van der Waals surface area contributed by atoms with Gasteiger partial charge in [-0.2, -0.15) is 4.99 Å². The van der Waals surface area contributed by atoms with E-state index in [1.165, 1.54) is 84.2 Å². The van der Waals surface area contributed by atoms with E-state index < -0.39 is 12.1 Å². The third-order valence-electron chi connectivity index (χ3n) is 8.68. The van der Waals surface area contributed by atoms with Crippen LogP contribution in [0.15, 0.2) is 53.5 Å². The van der Waals surface area contributed by atoms with E-state index >= 15 is 0 Å². The Morgan fingerprint density at radius 1 is 0.809 bits per heavy atom. The van der Waals surface area contributed by atoms with Gasteiger partial charge in [0.05, 0.1) is 32.1 Å². The molecule has 1 heterocycles. The van der Waals surface area contributed by atoms with Gasteiger partial charge in [-0.3, -0.25) is 9.59 Å². The summed E-state index contributed by atoms with van der Waals surface area (Å²) in [6.07, 6.45) is 17.8. The standard InChI is InChI=1S/C38H55N3O6/c1-3-4-5-6-7-8-9-10-11-12-13-14-15-16-25-46-38(44)41-36(39)31-19-17-29(18-20-31)30-21-23-34(24-22-30)47-28-33-26-32(37(43)40-33)27-35(42)45-2/h17-24,32-33H,3-16,25-28H2,1-2H3,(H,40,43)(H2,39,41,44)/t32-,33-/m0/s1. The fraction of sp³-hybridized carbons (Fsp3) is 0.579. The fourth-order valence-electron chi connectivity index (χ4n) is 5.82. The number of hydrogen-bond acceptors (Lipinski definition) is 6. The highest BCUT2D eigenvalue weighted by Crippen LogP contribution is 2.25. The molecule has 9 heteroatoms. The second kappa shape index (κ2) is 21.8. The minimum atomic E-state index is -0.659. The zero-order chi connectivity index (χ0) is 33.7. The Morgan fingerprint density at radius 3 is 1.89 bits per heavy atom. The zero-order valence-corrected chi connectivity index (χ0v) is 28.5. The second-order valence-electron chi connectivity index (χ2n) is 12.5. The van der Waals surface area contributed by atoms with Crippen LogP contribution in [0, 0.1) is 5.92 Å². The van der Waals surface area contributed by atoms with Crippen molar-refractivity contribution in [2.24, 2.45) is 16.6 Å². The number of rotatable bonds is 22. The molecule has 2 amide bonds. The molecule has 0 aliphatic carbocycles. The average molecular weight is 650 g/mol. The summed E-state index contributed by atoms with van der Waals surface area (Å²) in [7, 11) is 1.32. The number of aliphatic imine (C=N–C) groups is 1. The van der Waals surface area contributed by atoms with Crippen molar-refractivity contribution in [2.75, 3.05) is 20.3 Å². The molecule has 1 saturated heterocycles. The van der Waals surface area contributed by atoms with Crippen molar-refractivity contribution in [3.05, 3.63) is 54.1 Å². The van der Waals surface area contributed by atoms with Gasteiger partial charge in [0, 0.05) is 5.56 Å². The number of benzene rings is 2. The van der Waals surface area contributed by atoms with Gasteiger partial charge >= 0.3 is 12.1 Å². The third kappa shape index (κ3) is 14.6. The number of carbonyl (C=O) groups excluding carboxylic acids is 3. The molecule has 3 N–H and O–H groups in total.